The molecule has 1 aromatic rings. The number of Topliss-reactive ketones (excluding diaryl/α,β-unsaturated/α-hetero) is 6. The molecule has 0 amide bonds. The molecule has 4 aliphatic carbocycles. The Morgan fingerprint density at radius 3 is 2.25 bits per heavy atom. The average Bonchev–Trinajstić information content (AvgIpc) is 3.31. The topological polar surface area (TPSA) is 143 Å². The predicted molar refractivity (Wildman–Crippen MR) is 144 cm³/mol. The van der Waals surface area contributed by atoms with E-state index < -0.39 is 69.0 Å². The van der Waals surface area contributed by atoms with Crippen LogP contribution in [0.15, 0.2) is 29.9 Å². The summed E-state index contributed by atoms with van der Waals surface area (Å²) in [5, 5.41) is 22.9. The molecule has 4 aliphatic rings. The highest BCUT2D eigenvalue weighted by molar-refractivity contribution is 6.32. The molecule has 2 saturated carbocycles. The molecule has 210 valence electrons. The Bertz CT molecular complexity index is 1510. The summed E-state index contributed by atoms with van der Waals surface area (Å²) >= 11 is 0. The first kappa shape index (κ1) is 28.0. The molecule has 0 aliphatic heterocycles. The highest BCUT2D eigenvalue weighted by Crippen LogP contribution is 2.64. The molecular weight excluding hydrogens is 512 g/mol. The zero-order chi connectivity index (χ0) is 29.7. The average molecular weight is 547 g/mol. The number of hydrogen-bond donors (Lipinski definition) is 2. The Hall–Kier alpha value is -3.52. The highest BCUT2D eigenvalue weighted by atomic mass is 16.3. The fraction of sp³-hybridized carbons (Fsp3) is 0.500. The van der Waals surface area contributed by atoms with E-state index in [0.29, 0.717) is 23.1 Å². The minimum absolute atomic E-state index is 0.0189. The van der Waals surface area contributed by atoms with Crippen molar-refractivity contribution in [2.24, 2.45) is 34.5 Å². The van der Waals surface area contributed by atoms with E-state index in [4.69, 9.17) is 0 Å². The van der Waals surface area contributed by atoms with Gasteiger partial charge in [-0.3, -0.25) is 28.8 Å². The molecule has 40 heavy (non-hydrogen) atoms. The lowest BCUT2D eigenvalue weighted by Crippen LogP contribution is -2.76. The van der Waals surface area contributed by atoms with Gasteiger partial charge < -0.3 is 10.2 Å². The van der Waals surface area contributed by atoms with Gasteiger partial charge in [-0.15, -0.1) is 0 Å². The number of phenolic OH excluding ortho intramolecular Hbond substituents is 1. The van der Waals surface area contributed by atoms with Crippen molar-refractivity contribution < 1.29 is 39.0 Å². The zero-order valence-electron chi connectivity index (χ0n) is 23.6. The summed E-state index contributed by atoms with van der Waals surface area (Å²) < 4.78 is 0. The molecule has 0 bridgehead atoms. The zero-order valence-corrected chi connectivity index (χ0v) is 23.6. The van der Waals surface area contributed by atoms with Crippen LogP contribution >= 0.6 is 0 Å². The van der Waals surface area contributed by atoms with E-state index in [1.54, 1.807) is 39.8 Å². The second kappa shape index (κ2) is 8.74. The smallest absolute Gasteiger partial charge is 0.190 e. The number of benzene rings is 1. The molecule has 0 saturated heterocycles. The van der Waals surface area contributed by atoms with E-state index in [1.165, 1.54) is 13.0 Å². The third-order valence-corrected chi connectivity index (χ3v) is 9.90. The normalized spacial score (nSPS) is 35.1. The van der Waals surface area contributed by atoms with Crippen molar-refractivity contribution in [3.05, 3.63) is 46.5 Å². The van der Waals surface area contributed by atoms with Crippen molar-refractivity contribution in [2.45, 2.75) is 66.4 Å². The van der Waals surface area contributed by atoms with Crippen LogP contribution in [0.25, 0.3) is 5.57 Å². The third kappa shape index (κ3) is 3.35. The van der Waals surface area contributed by atoms with Crippen LogP contribution < -0.4 is 0 Å². The van der Waals surface area contributed by atoms with Crippen molar-refractivity contribution in [2.75, 3.05) is 0 Å². The van der Waals surface area contributed by atoms with Crippen molar-refractivity contribution in [3.63, 3.8) is 0 Å². The van der Waals surface area contributed by atoms with E-state index in [1.807, 2.05) is 6.08 Å². The second-order valence-electron chi connectivity index (χ2n) is 12.9. The van der Waals surface area contributed by atoms with Crippen LogP contribution in [0.3, 0.4) is 0 Å². The van der Waals surface area contributed by atoms with Crippen molar-refractivity contribution in [1.29, 1.82) is 0 Å². The van der Waals surface area contributed by atoms with Crippen molar-refractivity contribution in [1.82, 2.24) is 0 Å². The lowest BCUT2D eigenvalue weighted by Gasteiger charge is -2.61. The maximum atomic E-state index is 14.3. The van der Waals surface area contributed by atoms with Crippen LogP contribution in [0, 0.1) is 34.5 Å². The fourth-order valence-electron chi connectivity index (χ4n) is 8.51. The molecule has 3 unspecified atom stereocenters. The van der Waals surface area contributed by atoms with Gasteiger partial charge in [-0.05, 0) is 67.2 Å². The number of ketones is 6. The molecule has 1 aromatic carbocycles. The Labute approximate surface area is 232 Å². The number of carbonyl (C=O) groups excluding carboxylic acids is 6. The van der Waals surface area contributed by atoms with Gasteiger partial charge in [0.15, 0.2) is 34.5 Å². The first-order chi connectivity index (χ1) is 18.5. The van der Waals surface area contributed by atoms with Gasteiger partial charge >= 0.3 is 0 Å². The number of aliphatic hydroxyl groups is 1. The van der Waals surface area contributed by atoms with Crippen LogP contribution in [-0.2, 0) is 30.4 Å². The minimum Gasteiger partial charge on any atom is -0.507 e. The molecule has 2 N–H and O–H groups in total. The van der Waals surface area contributed by atoms with Gasteiger partial charge in [0.05, 0.1) is 11.5 Å². The summed E-state index contributed by atoms with van der Waals surface area (Å²) in [6.45, 7) is 9.33. The lowest BCUT2D eigenvalue weighted by atomic mass is 9.39. The van der Waals surface area contributed by atoms with E-state index in [-0.39, 0.29) is 29.9 Å². The fourth-order valence-corrected chi connectivity index (χ4v) is 8.51. The van der Waals surface area contributed by atoms with Gasteiger partial charge in [0.25, 0.3) is 0 Å². The third-order valence-electron chi connectivity index (χ3n) is 9.90. The molecule has 2 fully saturated rings. The van der Waals surface area contributed by atoms with Gasteiger partial charge in [0, 0.05) is 16.9 Å². The molecule has 0 aromatic heterocycles. The quantitative estimate of drug-likeness (QED) is 0.547. The van der Waals surface area contributed by atoms with Crippen molar-refractivity contribution >= 4 is 40.3 Å². The summed E-state index contributed by atoms with van der Waals surface area (Å²) in [5.74, 6) is -9.39. The Morgan fingerprint density at radius 1 is 1.02 bits per heavy atom. The van der Waals surface area contributed by atoms with Gasteiger partial charge in [-0.2, -0.15) is 0 Å². The monoisotopic (exact) mass is 546 g/mol. The SMILES string of the molecule is CC(=O)C1=C(c2ccc(O)c3c2C[C@]2(C)C[C@]4(C)C(C(C)C)C(=O)C(C(C)=O)C(=O)[C@]4(O)C(=O)C2C3=O)CC=C1. The number of allylic oxidation sites excluding steroid dienone is 4. The number of fused-ring (bicyclic) bond motifs is 3. The molecule has 0 heterocycles. The predicted octanol–water partition coefficient (Wildman–Crippen LogP) is 3.40. The van der Waals surface area contributed by atoms with E-state index in [0.717, 1.165) is 12.5 Å². The number of rotatable bonds is 4. The van der Waals surface area contributed by atoms with Gasteiger partial charge in [-0.25, -0.2) is 0 Å². The van der Waals surface area contributed by atoms with Crippen LogP contribution in [0.2, 0.25) is 0 Å². The number of phenols is 1. The largest absolute Gasteiger partial charge is 0.507 e. The van der Waals surface area contributed by atoms with Gasteiger partial charge in [0.2, 0.25) is 0 Å². The lowest BCUT2D eigenvalue weighted by molar-refractivity contribution is -0.205. The molecule has 6 atom stereocenters. The number of aromatic hydroxyl groups is 1. The number of carbonyl (C=O) groups is 6. The first-order valence-electron chi connectivity index (χ1n) is 13.7. The first-order valence-corrected chi connectivity index (χ1v) is 13.7. The Kier molecular flexibility index (Phi) is 6.12. The molecule has 0 radical (unpaired) electrons. The van der Waals surface area contributed by atoms with Crippen LogP contribution in [0.1, 0.15) is 75.9 Å². The van der Waals surface area contributed by atoms with Gasteiger partial charge in [0.1, 0.15) is 17.5 Å². The molecule has 5 rings (SSSR count). The maximum Gasteiger partial charge on any atom is 0.190 e. The summed E-state index contributed by atoms with van der Waals surface area (Å²) in [6.07, 6.45) is 4.16. The highest BCUT2D eigenvalue weighted by Gasteiger charge is 2.76. The number of hydrogen-bond acceptors (Lipinski definition) is 8. The van der Waals surface area contributed by atoms with Gasteiger partial charge in [-0.1, -0.05) is 45.9 Å². The van der Waals surface area contributed by atoms with Crippen LogP contribution in [-0.4, -0.2) is 50.5 Å². The van der Waals surface area contributed by atoms with Crippen LogP contribution in [0.4, 0.5) is 0 Å². The molecule has 0 spiro atoms. The Balaban J connectivity index is 1.75. The van der Waals surface area contributed by atoms with E-state index in [9.17, 15) is 39.0 Å². The molecular formula is C32H34O8. The maximum absolute atomic E-state index is 14.3. The Morgan fingerprint density at radius 2 is 1.68 bits per heavy atom. The summed E-state index contributed by atoms with van der Waals surface area (Å²) in [4.78, 5) is 80.7. The van der Waals surface area contributed by atoms with Crippen molar-refractivity contribution in [3.8, 4) is 5.75 Å². The second-order valence-corrected chi connectivity index (χ2v) is 12.9. The van der Waals surface area contributed by atoms with Crippen LogP contribution in [0.5, 0.6) is 5.75 Å². The molecule has 8 nitrogen and oxygen atoms in total. The summed E-state index contributed by atoms with van der Waals surface area (Å²) in [5.41, 5.74) is -3.13. The summed E-state index contributed by atoms with van der Waals surface area (Å²) in [6, 6.07) is 3.02. The molecule has 8 heteroatoms. The van der Waals surface area contributed by atoms with E-state index >= 15 is 0 Å². The summed E-state index contributed by atoms with van der Waals surface area (Å²) in [7, 11) is 0. The van der Waals surface area contributed by atoms with E-state index in [2.05, 4.69) is 0 Å². The minimum atomic E-state index is -2.73. The standard InChI is InChI=1S/C32H34O8/c1-14(2)24-26(36)22(16(4)34)28(38)32(40)29(39)25-27(37)23-20(12-30(25,5)13-31(24,32)6)19(10-11-21(23)35)18-9-7-8-17(18)15(3)33/h7-8,10-11,14,22,24-25,35,40H,9,12-13H2,1-6H3/t22?,24?,25?,30-,31-,32+/m1/s1.